The molecule has 0 unspecified atom stereocenters. The van der Waals surface area contributed by atoms with Crippen LogP contribution in [0.5, 0.6) is 0 Å². The minimum Gasteiger partial charge on any atom is -0.390 e. The Morgan fingerprint density at radius 1 is 1.37 bits per heavy atom. The summed E-state index contributed by atoms with van der Waals surface area (Å²) in [5.41, 5.74) is 2.03. The van der Waals surface area contributed by atoms with Crippen molar-refractivity contribution in [1.82, 2.24) is 9.97 Å². The first-order valence-corrected chi connectivity index (χ1v) is 8.78. The standard InChI is InChI=1S/C19H20F2N4O2/c1-11-5-15(19(20,21)10-26)24-17(6-11)25-9-18(3-4-18)13-8-22-16(7-14(13)25)23-12(2)27/h5-8,26H,3-4,9-10H2,1-2H3,(H,22,23,27). The molecule has 1 amide bonds. The van der Waals surface area contributed by atoms with Crippen molar-refractivity contribution in [3.63, 3.8) is 0 Å². The van der Waals surface area contributed by atoms with Gasteiger partial charge in [-0.2, -0.15) is 8.78 Å². The van der Waals surface area contributed by atoms with Crippen LogP contribution in [0.2, 0.25) is 0 Å². The molecule has 4 rings (SSSR count). The van der Waals surface area contributed by atoms with Gasteiger partial charge in [-0.25, -0.2) is 9.97 Å². The van der Waals surface area contributed by atoms with Crippen LogP contribution in [0.3, 0.4) is 0 Å². The number of anilines is 3. The zero-order valence-corrected chi connectivity index (χ0v) is 15.1. The molecule has 0 saturated heterocycles. The Morgan fingerprint density at radius 2 is 2.11 bits per heavy atom. The van der Waals surface area contributed by atoms with Gasteiger partial charge in [0.2, 0.25) is 5.91 Å². The molecule has 0 bridgehead atoms. The topological polar surface area (TPSA) is 78.4 Å². The van der Waals surface area contributed by atoms with Gasteiger partial charge in [0.1, 0.15) is 23.9 Å². The minimum atomic E-state index is -3.40. The Balaban J connectivity index is 1.79. The highest BCUT2D eigenvalue weighted by Crippen LogP contribution is 2.58. The Hall–Kier alpha value is -2.61. The molecule has 0 atom stereocenters. The normalized spacial score (nSPS) is 17.1. The van der Waals surface area contributed by atoms with Crippen molar-refractivity contribution in [3.05, 3.63) is 41.2 Å². The molecule has 2 aromatic heterocycles. The summed E-state index contributed by atoms with van der Waals surface area (Å²) in [6.45, 7) is 2.47. The van der Waals surface area contributed by atoms with Crippen LogP contribution >= 0.6 is 0 Å². The van der Waals surface area contributed by atoms with Gasteiger partial charge < -0.3 is 15.3 Å². The fourth-order valence-corrected chi connectivity index (χ4v) is 3.64. The molecule has 0 radical (unpaired) electrons. The maximum Gasteiger partial charge on any atom is 0.312 e. The Morgan fingerprint density at radius 3 is 2.74 bits per heavy atom. The fourth-order valence-electron chi connectivity index (χ4n) is 3.64. The first-order valence-electron chi connectivity index (χ1n) is 8.78. The number of rotatable bonds is 4. The van der Waals surface area contributed by atoms with Crippen molar-refractivity contribution in [3.8, 4) is 0 Å². The number of carbonyl (C=O) groups is 1. The number of pyridine rings is 2. The van der Waals surface area contributed by atoms with Crippen LogP contribution in [0.4, 0.5) is 26.1 Å². The molecule has 3 heterocycles. The lowest BCUT2D eigenvalue weighted by molar-refractivity contribution is -0.114. The number of aryl methyl sites for hydroxylation is 1. The highest BCUT2D eigenvalue weighted by Gasteiger charge is 2.52. The molecule has 1 aliphatic heterocycles. The Labute approximate surface area is 155 Å². The number of aromatic nitrogens is 2. The molecule has 8 heteroatoms. The number of amides is 1. The van der Waals surface area contributed by atoms with E-state index in [4.69, 9.17) is 5.11 Å². The van der Waals surface area contributed by atoms with Gasteiger partial charge in [0.25, 0.3) is 0 Å². The number of aliphatic hydroxyl groups excluding tert-OH is 1. The van der Waals surface area contributed by atoms with Crippen LogP contribution in [-0.4, -0.2) is 34.1 Å². The van der Waals surface area contributed by atoms with E-state index in [0.29, 0.717) is 23.7 Å². The van der Waals surface area contributed by atoms with E-state index in [2.05, 4.69) is 15.3 Å². The van der Waals surface area contributed by atoms with Crippen molar-refractivity contribution in [1.29, 1.82) is 0 Å². The lowest BCUT2D eigenvalue weighted by Gasteiger charge is -2.22. The first-order chi connectivity index (χ1) is 12.7. The first kappa shape index (κ1) is 17.8. The highest BCUT2D eigenvalue weighted by atomic mass is 19.3. The number of nitrogens with zero attached hydrogens (tertiary/aromatic N) is 3. The predicted molar refractivity (Wildman–Crippen MR) is 96.4 cm³/mol. The molecule has 1 aliphatic carbocycles. The van der Waals surface area contributed by atoms with Crippen molar-refractivity contribution in [2.24, 2.45) is 0 Å². The van der Waals surface area contributed by atoms with E-state index in [1.54, 1.807) is 25.3 Å². The largest absolute Gasteiger partial charge is 0.390 e. The monoisotopic (exact) mass is 374 g/mol. The van der Waals surface area contributed by atoms with E-state index in [-0.39, 0.29) is 11.3 Å². The summed E-state index contributed by atoms with van der Waals surface area (Å²) >= 11 is 0. The number of fused-ring (bicyclic) bond motifs is 2. The van der Waals surface area contributed by atoms with Crippen molar-refractivity contribution < 1.29 is 18.7 Å². The van der Waals surface area contributed by atoms with Crippen molar-refractivity contribution in [2.75, 3.05) is 23.4 Å². The number of alkyl halides is 2. The maximum atomic E-state index is 14.0. The molecule has 0 aromatic carbocycles. The highest BCUT2D eigenvalue weighted by molar-refractivity contribution is 5.89. The third-order valence-electron chi connectivity index (χ3n) is 5.17. The second-order valence-electron chi connectivity index (χ2n) is 7.38. The molecule has 142 valence electrons. The minimum absolute atomic E-state index is 0.0256. The third-order valence-corrected chi connectivity index (χ3v) is 5.17. The lowest BCUT2D eigenvalue weighted by Crippen LogP contribution is -2.24. The molecular weight excluding hydrogens is 354 g/mol. The SMILES string of the molecule is CC(=O)Nc1cc2c(cn1)C1(CC1)CN2c1cc(C)cc(C(F)(F)CO)n1. The summed E-state index contributed by atoms with van der Waals surface area (Å²) in [6, 6.07) is 4.80. The fraction of sp³-hybridized carbons (Fsp3) is 0.421. The van der Waals surface area contributed by atoms with Crippen LogP contribution in [0.1, 0.15) is 36.6 Å². The maximum absolute atomic E-state index is 14.0. The van der Waals surface area contributed by atoms with E-state index in [1.165, 1.54) is 13.0 Å². The zero-order valence-electron chi connectivity index (χ0n) is 15.1. The summed E-state index contributed by atoms with van der Waals surface area (Å²) in [4.78, 5) is 21.7. The summed E-state index contributed by atoms with van der Waals surface area (Å²) < 4.78 is 28.0. The van der Waals surface area contributed by atoms with Crippen LogP contribution in [0.15, 0.2) is 24.4 Å². The number of carbonyl (C=O) groups excluding carboxylic acids is 1. The Kier molecular flexibility index (Phi) is 3.92. The number of hydrogen-bond acceptors (Lipinski definition) is 5. The number of halogens is 2. The molecule has 2 aliphatic rings. The summed E-state index contributed by atoms with van der Waals surface area (Å²) in [7, 11) is 0. The Bertz CT molecular complexity index is 928. The molecule has 6 nitrogen and oxygen atoms in total. The van der Waals surface area contributed by atoms with Crippen molar-refractivity contribution in [2.45, 2.75) is 38.0 Å². The van der Waals surface area contributed by atoms with Crippen molar-refractivity contribution >= 4 is 23.2 Å². The van der Waals surface area contributed by atoms with Gasteiger partial charge in [-0.15, -0.1) is 0 Å². The van der Waals surface area contributed by atoms with E-state index in [0.717, 1.165) is 24.1 Å². The molecule has 1 saturated carbocycles. The molecule has 1 fully saturated rings. The average molecular weight is 374 g/mol. The molecule has 1 spiro atoms. The van der Waals surface area contributed by atoms with Gasteiger partial charge in [0.15, 0.2) is 0 Å². The van der Waals surface area contributed by atoms with E-state index >= 15 is 0 Å². The lowest BCUT2D eigenvalue weighted by atomic mass is 10.0. The van der Waals surface area contributed by atoms with Gasteiger partial charge >= 0.3 is 5.92 Å². The van der Waals surface area contributed by atoms with E-state index in [1.807, 2.05) is 4.90 Å². The second kappa shape index (κ2) is 5.95. The van der Waals surface area contributed by atoms with Crippen LogP contribution in [0, 0.1) is 6.92 Å². The van der Waals surface area contributed by atoms with E-state index < -0.39 is 18.2 Å². The summed E-state index contributed by atoms with van der Waals surface area (Å²) in [5.74, 6) is -2.81. The smallest absolute Gasteiger partial charge is 0.312 e. The van der Waals surface area contributed by atoms with Gasteiger partial charge in [-0.05, 0) is 37.5 Å². The molecule has 27 heavy (non-hydrogen) atoms. The van der Waals surface area contributed by atoms with Gasteiger partial charge in [0.05, 0.1) is 5.69 Å². The number of hydrogen-bond donors (Lipinski definition) is 2. The van der Waals surface area contributed by atoms with Crippen LogP contribution in [-0.2, 0) is 16.1 Å². The summed E-state index contributed by atoms with van der Waals surface area (Å²) in [6.07, 6.45) is 3.76. The number of nitrogens with one attached hydrogen (secondary N) is 1. The van der Waals surface area contributed by atoms with Gasteiger partial charge in [-0.3, -0.25) is 4.79 Å². The third kappa shape index (κ3) is 3.03. The molecular formula is C19H20F2N4O2. The molecule has 2 aromatic rings. The van der Waals surface area contributed by atoms with Crippen LogP contribution < -0.4 is 10.2 Å². The second-order valence-corrected chi connectivity index (χ2v) is 7.38. The number of aliphatic hydroxyl groups is 1. The quantitative estimate of drug-likeness (QED) is 0.860. The van der Waals surface area contributed by atoms with E-state index in [9.17, 15) is 13.6 Å². The molecule has 2 N–H and O–H groups in total. The van der Waals surface area contributed by atoms with Gasteiger partial charge in [0, 0.05) is 36.7 Å². The average Bonchev–Trinajstić information content (AvgIpc) is 3.31. The van der Waals surface area contributed by atoms with Crippen LogP contribution in [0.25, 0.3) is 0 Å². The predicted octanol–water partition coefficient (Wildman–Crippen LogP) is 3.01. The van der Waals surface area contributed by atoms with Gasteiger partial charge in [-0.1, -0.05) is 0 Å². The summed E-state index contributed by atoms with van der Waals surface area (Å²) in [5, 5.41) is 11.7. The zero-order chi connectivity index (χ0) is 19.4.